The Hall–Kier alpha value is -1.22. The van der Waals surface area contributed by atoms with Gasteiger partial charge in [-0.2, -0.15) is 0 Å². The fraction of sp³-hybridized carbons (Fsp3) is 0.538. The summed E-state index contributed by atoms with van der Waals surface area (Å²) in [5.74, 6) is 1.83. The van der Waals surface area contributed by atoms with Crippen LogP contribution in [0.2, 0.25) is 0 Å². The first-order chi connectivity index (χ1) is 7.84. The average Bonchev–Trinajstić information content (AvgIpc) is 2.52. The highest BCUT2D eigenvalue weighted by atomic mass is 16.5. The molecule has 16 heavy (non-hydrogen) atoms. The van der Waals surface area contributed by atoms with Crippen molar-refractivity contribution >= 4 is 0 Å². The Bertz CT molecular complexity index is 403. The molecule has 0 spiro atoms. The van der Waals surface area contributed by atoms with E-state index in [1.165, 1.54) is 11.1 Å². The Morgan fingerprint density at radius 2 is 1.94 bits per heavy atom. The molecule has 86 valence electrons. The molecule has 3 heteroatoms. The van der Waals surface area contributed by atoms with Gasteiger partial charge in [-0.3, -0.25) is 0 Å². The van der Waals surface area contributed by atoms with Crippen molar-refractivity contribution in [2.24, 2.45) is 0 Å². The summed E-state index contributed by atoms with van der Waals surface area (Å²) in [6.45, 7) is 4.77. The lowest BCUT2D eigenvalue weighted by molar-refractivity contribution is 0.297. The number of nitrogens with one attached hydrogen (secondary N) is 1. The Labute approximate surface area is 95.8 Å². The molecule has 1 aromatic rings. The van der Waals surface area contributed by atoms with Gasteiger partial charge in [0, 0.05) is 12.5 Å². The molecule has 1 atom stereocenters. The normalized spacial score (nSPS) is 23.4. The first-order valence-electron chi connectivity index (χ1n) is 6.00. The molecule has 0 saturated heterocycles. The summed E-state index contributed by atoms with van der Waals surface area (Å²) in [6.07, 6.45) is 2.05. The van der Waals surface area contributed by atoms with Crippen LogP contribution in [0.3, 0.4) is 0 Å². The minimum atomic E-state index is 0.418. The van der Waals surface area contributed by atoms with Gasteiger partial charge in [0.1, 0.15) is 0 Å². The van der Waals surface area contributed by atoms with E-state index < -0.39 is 0 Å². The van der Waals surface area contributed by atoms with Crippen LogP contribution in [0.4, 0.5) is 0 Å². The molecule has 2 heterocycles. The van der Waals surface area contributed by atoms with Gasteiger partial charge in [-0.05, 0) is 43.1 Å². The third kappa shape index (κ3) is 1.65. The topological polar surface area (TPSA) is 30.5 Å². The van der Waals surface area contributed by atoms with Gasteiger partial charge < -0.3 is 14.8 Å². The highest BCUT2D eigenvalue weighted by Gasteiger charge is 2.20. The van der Waals surface area contributed by atoms with E-state index in [1.807, 2.05) is 0 Å². The second kappa shape index (κ2) is 3.98. The largest absolute Gasteiger partial charge is 0.490 e. The van der Waals surface area contributed by atoms with Crippen LogP contribution in [0.1, 0.15) is 30.5 Å². The van der Waals surface area contributed by atoms with Crippen molar-refractivity contribution in [3.05, 3.63) is 23.3 Å². The summed E-state index contributed by atoms with van der Waals surface area (Å²) < 4.78 is 11.4. The van der Waals surface area contributed by atoms with Crippen LogP contribution in [0.25, 0.3) is 0 Å². The number of fused-ring (bicyclic) bond motifs is 2. The molecule has 0 radical (unpaired) electrons. The maximum absolute atomic E-state index is 5.71. The molecule has 0 amide bonds. The Balaban J connectivity index is 2.05. The lowest BCUT2D eigenvalue weighted by Gasteiger charge is -2.25. The highest BCUT2D eigenvalue weighted by molar-refractivity contribution is 5.49. The van der Waals surface area contributed by atoms with Gasteiger partial charge in [0.15, 0.2) is 11.5 Å². The summed E-state index contributed by atoms with van der Waals surface area (Å²) >= 11 is 0. The number of hydrogen-bond acceptors (Lipinski definition) is 3. The zero-order chi connectivity index (χ0) is 11.0. The Morgan fingerprint density at radius 3 is 2.75 bits per heavy atom. The van der Waals surface area contributed by atoms with Crippen molar-refractivity contribution < 1.29 is 9.47 Å². The van der Waals surface area contributed by atoms with Crippen molar-refractivity contribution in [1.29, 1.82) is 0 Å². The van der Waals surface area contributed by atoms with E-state index in [9.17, 15) is 0 Å². The molecular formula is C13H17NO2. The summed E-state index contributed by atoms with van der Waals surface area (Å²) in [5.41, 5.74) is 2.76. The predicted octanol–water partition coefficient (Wildman–Crippen LogP) is 2.05. The van der Waals surface area contributed by atoms with Gasteiger partial charge in [0.05, 0.1) is 13.2 Å². The standard InChI is InChI=1S/C13H17NO2/c1-9-11-8-13-12(15-5-2-6-16-13)7-10(11)3-4-14-9/h7-9,14H,2-6H2,1H3. The van der Waals surface area contributed by atoms with Gasteiger partial charge in [-0.25, -0.2) is 0 Å². The monoisotopic (exact) mass is 219 g/mol. The summed E-state index contributed by atoms with van der Waals surface area (Å²) in [7, 11) is 0. The molecule has 0 fully saturated rings. The van der Waals surface area contributed by atoms with E-state index in [0.29, 0.717) is 6.04 Å². The molecule has 0 bridgehead atoms. The highest BCUT2D eigenvalue weighted by Crippen LogP contribution is 2.36. The zero-order valence-electron chi connectivity index (χ0n) is 9.58. The van der Waals surface area contributed by atoms with E-state index in [-0.39, 0.29) is 0 Å². The van der Waals surface area contributed by atoms with Crippen molar-refractivity contribution in [3.8, 4) is 11.5 Å². The van der Waals surface area contributed by atoms with Crippen LogP contribution in [0.15, 0.2) is 12.1 Å². The number of ether oxygens (including phenoxy) is 2. The smallest absolute Gasteiger partial charge is 0.161 e. The van der Waals surface area contributed by atoms with Gasteiger partial charge in [0.25, 0.3) is 0 Å². The molecule has 2 aliphatic rings. The predicted molar refractivity (Wildman–Crippen MR) is 62.2 cm³/mol. The molecule has 3 nitrogen and oxygen atoms in total. The number of rotatable bonds is 0. The van der Waals surface area contributed by atoms with Gasteiger partial charge in [-0.15, -0.1) is 0 Å². The van der Waals surface area contributed by atoms with E-state index >= 15 is 0 Å². The molecule has 1 aromatic carbocycles. The maximum atomic E-state index is 5.71. The lowest BCUT2D eigenvalue weighted by atomic mass is 9.94. The maximum Gasteiger partial charge on any atom is 0.161 e. The van der Waals surface area contributed by atoms with E-state index in [4.69, 9.17) is 9.47 Å². The minimum absolute atomic E-state index is 0.418. The second-order valence-electron chi connectivity index (χ2n) is 4.47. The molecule has 1 unspecified atom stereocenters. The van der Waals surface area contributed by atoms with Crippen LogP contribution in [-0.2, 0) is 6.42 Å². The van der Waals surface area contributed by atoms with E-state index in [1.54, 1.807) is 0 Å². The number of benzene rings is 1. The van der Waals surface area contributed by atoms with Crippen molar-refractivity contribution in [3.63, 3.8) is 0 Å². The average molecular weight is 219 g/mol. The first kappa shape index (κ1) is 9.97. The van der Waals surface area contributed by atoms with Crippen LogP contribution in [0.5, 0.6) is 11.5 Å². The van der Waals surface area contributed by atoms with Crippen LogP contribution < -0.4 is 14.8 Å². The second-order valence-corrected chi connectivity index (χ2v) is 4.47. The summed E-state index contributed by atoms with van der Waals surface area (Å²) in [4.78, 5) is 0. The first-order valence-corrected chi connectivity index (χ1v) is 6.00. The molecule has 2 aliphatic heterocycles. The Kier molecular flexibility index (Phi) is 2.48. The third-order valence-electron chi connectivity index (χ3n) is 3.32. The fourth-order valence-corrected chi connectivity index (χ4v) is 2.42. The van der Waals surface area contributed by atoms with Gasteiger partial charge >= 0.3 is 0 Å². The Morgan fingerprint density at radius 1 is 1.19 bits per heavy atom. The molecule has 0 saturated carbocycles. The summed E-state index contributed by atoms with van der Waals surface area (Å²) in [6, 6.07) is 4.72. The minimum Gasteiger partial charge on any atom is -0.490 e. The fourth-order valence-electron chi connectivity index (χ4n) is 2.42. The van der Waals surface area contributed by atoms with E-state index in [2.05, 4.69) is 24.4 Å². The molecule has 3 rings (SSSR count). The van der Waals surface area contributed by atoms with Gasteiger partial charge in [-0.1, -0.05) is 0 Å². The molecule has 0 aromatic heterocycles. The van der Waals surface area contributed by atoms with Crippen LogP contribution in [-0.4, -0.2) is 19.8 Å². The van der Waals surface area contributed by atoms with Crippen LogP contribution >= 0.6 is 0 Å². The van der Waals surface area contributed by atoms with Crippen molar-refractivity contribution in [2.45, 2.75) is 25.8 Å². The molecule has 1 N–H and O–H groups in total. The molecular weight excluding hydrogens is 202 g/mol. The van der Waals surface area contributed by atoms with Crippen LogP contribution in [0, 0.1) is 0 Å². The SMILES string of the molecule is CC1NCCc2cc3c(cc21)OCCCO3. The third-order valence-corrected chi connectivity index (χ3v) is 3.32. The van der Waals surface area contributed by atoms with Gasteiger partial charge in [0.2, 0.25) is 0 Å². The summed E-state index contributed by atoms with van der Waals surface area (Å²) in [5, 5.41) is 3.46. The van der Waals surface area contributed by atoms with Crippen molar-refractivity contribution in [1.82, 2.24) is 5.32 Å². The number of hydrogen-bond donors (Lipinski definition) is 1. The molecule has 0 aliphatic carbocycles. The lowest BCUT2D eigenvalue weighted by Crippen LogP contribution is -2.27. The van der Waals surface area contributed by atoms with Crippen molar-refractivity contribution in [2.75, 3.05) is 19.8 Å². The zero-order valence-corrected chi connectivity index (χ0v) is 9.58. The quantitative estimate of drug-likeness (QED) is 0.724. The van der Waals surface area contributed by atoms with E-state index in [0.717, 1.165) is 44.1 Å².